The third-order valence-electron chi connectivity index (χ3n) is 6.34. The zero-order valence-corrected chi connectivity index (χ0v) is 14.9. The van der Waals surface area contributed by atoms with Crippen molar-refractivity contribution in [2.24, 2.45) is 11.8 Å². The van der Waals surface area contributed by atoms with Crippen LogP contribution in [0.2, 0.25) is 0 Å². The largest absolute Gasteiger partial charge is 0.305 e. The van der Waals surface area contributed by atoms with E-state index in [1.807, 2.05) is 0 Å². The van der Waals surface area contributed by atoms with Crippen molar-refractivity contribution in [2.45, 2.75) is 45.6 Å². The van der Waals surface area contributed by atoms with Crippen LogP contribution in [0.5, 0.6) is 0 Å². The third kappa shape index (κ3) is 3.93. The molecule has 2 aliphatic heterocycles. The van der Waals surface area contributed by atoms with Crippen molar-refractivity contribution in [3.05, 3.63) is 11.6 Å². The number of likely N-dealkylation sites (tertiary alicyclic amines) is 1. The van der Waals surface area contributed by atoms with E-state index in [2.05, 4.69) is 41.7 Å². The SMILES string of the molecule is CC1=CCC[C@H](C)[C@H]1CN1CCN([C@H]2CCCN(C)C2)CC1. The van der Waals surface area contributed by atoms with Crippen LogP contribution in [0.4, 0.5) is 0 Å². The van der Waals surface area contributed by atoms with Crippen molar-refractivity contribution in [1.29, 1.82) is 0 Å². The van der Waals surface area contributed by atoms with Crippen molar-refractivity contribution in [3.63, 3.8) is 0 Å². The van der Waals surface area contributed by atoms with Crippen LogP contribution in [0, 0.1) is 11.8 Å². The van der Waals surface area contributed by atoms with E-state index in [0.717, 1.165) is 17.9 Å². The summed E-state index contributed by atoms with van der Waals surface area (Å²) >= 11 is 0. The van der Waals surface area contributed by atoms with Gasteiger partial charge in [-0.25, -0.2) is 0 Å². The van der Waals surface area contributed by atoms with Crippen LogP contribution in [0.3, 0.4) is 0 Å². The highest BCUT2D eigenvalue weighted by Crippen LogP contribution is 2.31. The van der Waals surface area contributed by atoms with Crippen molar-refractivity contribution >= 4 is 0 Å². The summed E-state index contributed by atoms with van der Waals surface area (Å²) in [6.45, 7) is 13.8. The second-order valence-corrected chi connectivity index (χ2v) is 8.00. The second kappa shape index (κ2) is 7.46. The molecule has 0 bridgehead atoms. The van der Waals surface area contributed by atoms with Gasteiger partial charge in [0.15, 0.2) is 0 Å². The molecular weight excluding hydrogens is 270 g/mol. The van der Waals surface area contributed by atoms with E-state index < -0.39 is 0 Å². The number of hydrogen-bond acceptors (Lipinski definition) is 3. The average molecular weight is 306 g/mol. The molecule has 1 aliphatic carbocycles. The van der Waals surface area contributed by atoms with E-state index in [9.17, 15) is 0 Å². The summed E-state index contributed by atoms with van der Waals surface area (Å²) in [6.07, 6.45) is 7.96. The Hall–Kier alpha value is -0.380. The lowest BCUT2D eigenvalue weighted by molar-refractivity contribution is 0.0519. The Morgan fingerprint density at radius 1 is 1.09 bits per heavy atom. The molecule has 3 atom stereocenters. The summed E-state index contributed by atoms with van der Waals surface area (Å²) in [6, 6.07) is 0.816. The maximum absolute atomic E-state index is 2.76. The smallest absolute Gasteiger partial charge is 0.0224 e. The van der Waals surface area contributed by atoms with Crippen LogP contribution < -0.4 is 0 Å². The van der Waals surface area contributed by atoms with Gasteiger partial charge in [-0.3, -0.25) is 4.90 Å². The van der Waals surface area contributed by atoms with Crippen LogP contribution in [-0.4, -0.2) is 73.6 Å². The zero-order valence-electron chi connectivity index (χ0n) is 14.9. The molecule has 126 valence electrons. The van der Waals surface area contributed by atoms with Gasteiger partial charge in [-0.2, -0.15) is 0 Å². The Balaban J connectivity index is 1.47. The first kappa shape index (κ1) is 16.5. The van der Waals surface area contributed by atoms with E-state index in [4.69, 9.17) is 0 Å². The normalized spacial score (nSPS) is 36.3. The monoisotopic (exact) mass is 305 g/mol. The first-order valence-corrected chi connectivity index (χ1v) is 9.45. The highest BCUT2D eigenvalue weighted by Gasteiger charge is 2.29. The summed E-state index contributed by atoms with van der Waals surface area (Å²) in [5, 5.41) is 0. The Morgan fingerprint density at radius 2 is 1.86 bits per heavy atom. The molecule has 0 N–H and O–H groups in total. The van der Waals surface area contributed by atoms with E-state index in [0.29, 0.717) is 0 Å². The van der Waals surface area contributed by atoms with Gasteiger partial charge in [-0.15, -0.1) is 0 Å². The van der Waals surface area contributed by atoms with Crippen LogP contribution in [0.15, 0.2) is 11.6 Å². The maximum Gasteiger partial charge on any atom is 0.0224 e. The molecule has 2 saturated heterocycles. The number of hydrogen-bond donors (Lipinski definition) is 0. The molecule has 3 nitrogen and oxygen atoms in total. The number of allylic oxidation sites excluding steroid dienone is 1. The number of nitrogens with zero attached hydrogens (tertiary/aromatic N) is 3. The van der Waals surface area contributed by atoms with E-state index in [1.165, 1.54) is 71.5 Å². The van der Waals surface area contributed by atoms with Gasteiger partial charge in [-0.05, 0) is 58.0 Å². The van der Waals surface area contributed by atoms with Crippen molar-refractivity contribution in [1.82, 2.24) is 14.7 Å². The summed E-state index contributed by atoms with van der Waals surface area (Å²) in [7, 11) is 2.28. The molecule has 0 saturated carbocycles. The quantitative estimate of drug-likeness (QED) is 0.742. The summed E-state index contributed by atoms with van der Waals surface area (Å²) in [4.78, 5) is 8.00. The topological polar surface area (TPSA) is 9.72 Å². The molecule has 0 spiro atoms. The van der Waals surface area contributed by atoms with E-state index in [-0.39, 0.29) is 0 Å². The fraction of sp³-hybridized carbons (Fsp3) is 0.895. The molecule has 0 radical (unpaired) electrons. The zero-order chi connectivity index (χ0) is 15.5. The van der Waals surface area contributed by atoms with Gasteiger partial charge >= 0.3 is 0 Å². The van der Waals surface area contributed by atoms with Gasteiger partial charge in [0.25, 0.3) is 0 Å². The average Bonchev–Trinajstić information content (AvgIpc) is 2.52. The standard InChI is InChI=1S/C19H35N3/c1-16-6-4-7-17(2)19(16)15-21-10-12-22(13-11-21)18-8-5-9-20(3)14-18/h6,17-19H,4-5,7-15H2,1-3H3/t17-,18-,19-/m0/s1. The van der Waals surface area contributed by atoms with Crippen molar-refractivity contribution < 1.29 is 0 Å². The predicted octanol–water partition coefficient (Wildman–Crippen LogP) is 2.69. The molecule has 2 fully saturated rings. The lowest BCUT2D eigenvalue weighted by Gasteiger charge is -2.44. The molecule has 0 aromatic rings. The molecule has 0 amide bonds. The Bertz CT molecular complexity index is 384. The van der Waals surface area contributed by atoms with Gasteiger partial charge in [0, 0.05) is 45.3 Å². The second-order valence-electron chi connectivity index (χ2n) is 8.00. The fourth-order valence-corrected chi connectivity index (χ4v) is 4.73. The third-order valence-corrected chi connectivity index (χ3v) is 6.34. The minimum atomic E-state index is 0.807. The number of likely N-dealkylation sites (N-methyl/N-ethyl adjacent to an activating group) is 1. The first-order chi connectivity index (χ1) is 10.6. The molecule has 0 aromatic carbocycles. The van der Waals surface area contributed by atoms with Gasteiger partial charge < -0.3 is 9.80 Å². The van der Waals surface area contributed by atoms with Crippen LogP contribution >= 0.6 is 0 Å². The molecule has 3 aliphatic rings. The van der Waals surface area contributed by atoms with Crippen molar-refractivity contribution in [2.75, 3.05) is 52.9 Å². The molecule has 0 unspecified atom stereocenters. The predicted molar refractivity (Wildman–Crippen MR) is 94.2 cm³/mol. The lowest BCUT2D eigenvalue weighted by atomic mass is 9.79. The highest BCUT2D eigenvalue weighted by atomic mass is 15.3. The fourth-order valence-electron chi connectivity index (χ4n) is 4.73. The number of rotatable bonds is 3. The Morgan fingerprint density at radius 3 is 2.55 bits per heavy atom. The van der Waals surface area contributed by atoms with Crippen molar-refractivity contribution in [3.8, 4) is 0 Å². The van der Waals surface area contributed by atoms with Gasteiger partial charge in [0.2, 0.25) is 0 Å². The molecular formula is C19H35N3. The van der Waals surface area contributed by atoms with Gasteiger partial charge in [0.1, 0.15) is 0 Å². The van der Waals surface area contributed by atoms with Gasteiger partial charge in [-0.1, -0.05) is 18.6 Å². The van der Waals surface area contributed by atoms with E-state index in [1.54, 1.807) is 5.57 Å². The maximum atomic E-state index is 2.76. The Labute approximate surface area is 137 Å². The molecule has 3 heteroatoms. The van der Waals surface area contributed by atoms with Crippen LogP contribution in [0.1, 0.15) is 39.5 Å². The van der Waals surface area contributed by atoms with Crippen LogP contribution in [0.25, 0.3) is 0 Å². The number of piperazine rings is 1. The van der Waals surface area contributed by atoms with E-state index >= 15 is 0 Å². The minimum Gasteiger partial charge on any atom is -0.305 e. The molecule has 3 rings (SSSR count). The number of piperidine rings is 1. The van der Waals surface area contributed by atoms with Crippen LogP contribution in [-0.2, 0) is 0 Å². The molecule has 2 heterocycles. The summed E-state index contributed by atoms with van der Waals surface area (Å²) < 4.78 is 0. The minimum absolute atomic E-state index is 0.807. The molecule has 22 heavy (non-hydrogen) atoms. The highest BCUT2D eigenvalue weighted by molar-refractivity contribution is 5.09. The summed E-state index contributed by atoms with van der Waals surface area (Å²) in [5.74, 6) is 1.68. The Kier molecular flexibility index (Phi) is 5.59. The molecule has 0 aromatic heterocycles. The van der Waals surface area contributed by atoms with Gasteiger partial charge in [0.05, 0.1) is 0 Å². The lowest BCUT2D eigenvalue weighted by Crippen LogP contribution is -2.55. The first-order valence-electron chi connectivity index (χ1n) is 9.45. The summed E-state index contributed by atoms with van der Waals surface area (Å²) in [5.41, 5.74) is 1.65.